The Morgan fingerprint density at radius 1 is 1.47 bits per heavy atom. The van der Waals surface area contributed by atoms with Gasteiger partial charge in [0.15, 0.2) is 5.16 Å². The molecule has 2 rings (SSSR count). The molecular weight excluding hydrogens is 298 g/mol. The molecule has 1 aromatic carbocycles. The first-order chi connectivity index (χ1) is 8.29. The van der Waals surface area contributed by atoms with Crippen molar-refractivity contribution in [2.75, 3.05) is 6.54 Å². The highest BCUT2D eigenvalue weighted by Gasteiger charge is 2.06. The molecule has 0 saturated carbocycles. The van der Waals surface area contributed by atoms with Crippen LogP contribution in [-0.4, -0.2) is 16.5 Å². The van der Waals surface area contributed by atoms with E-state index in [0.29, 0.717) is 0 Å². The van der Waals surface area contributed by atoms with Gasteiger partial charge in [-0.15, -0.1) is 0 Å². The lowest BCUT2D eigenvalue weighted by atomic mass is 10.2. The lowest BCUT2D eigenvalue weighted by Gasteiger charge is -2.09. The fourth-order valence-corrected chi connectivity index (χ4v) is 2.86. The second kappa shape index (κ2) is 6.23. The zero-order valence-corrected chi connectivity index (χ0v) is 11.9. The van der Waals surface area contributed by atoms with Crippen molar-refractivity contribution in [3.8, 4) is 0 Å². The van der Waals surface area contributed by atoms with E-state index >= 15 is 0 Å². The van der Waals surface area contributed by atoms with Gasteiger partial charge in [-0.2, -0.15) is 0 Å². The first-order valence-corrected chi connectivity index (χ1v) is 7.07. The van der Waals surface area contributed by atoms with Crippen molar-refractivity contribution in [3.63, 3.8) is 0 Å². The van der Waals surface area contributed by atoms with Crippen molar-refractivity contribution in [3.05, 3.63) is 40.6 Å². The van der Waals surface area contributed by atoms with Crippen LogP contribution in [0.4, 0.5) is 0 Å². The molecule has 1 heterocycles. The summed E-state index contributed by atoms with van der Waals surface area (Å²) in [5.41, 5.74) is 1.29. The number of rotatable bonds is 5. The molecule has 0 unspecified atom stereocenters. The zero-order chi connectivity index (χ0) is 12.1. The Hall–Kier alpha value is -0.780. The molecule has 0 saturated heterocycles. The third-order valence-electron chi connectivity index (χ3n) is 2.27. The molecule has 0 fully saturated rings. The summed E-state index contributed by atoms with van der Waals surface area (Å²) in [6.07, 6.45) is 3.61. The van der Waals surface area contributed by atoms with Gasteiger partial charge in [0.2, 0.25) is 0 Å². The molecule has 90 valence electrons. The largest absolute Gasteiger partial charge is 0.339 e. The van der Waals surface area contributed by atoms with E-state index in [1.54, 1.807) is 18.0 Å². The molecular formula is C12H14BrN3S. The zero-order valence-electron chi connectivity index (χ0n) is 9.53. The molecule has 0 aliphatic rings. The quantitative estimate of drug-likeness (QED) is 0.888. The van der Waals surface area contributed by atoms with Crippen molar-refractivity contribution in [2.24, 2.45) is 0 Å². The van der Waals surface area contributed by atoms with E-state index in [-0.39, 0.29) is 0 Å². The van der Waals surface area contributed by atoms with Crippen LogP contribution in [0.2, 0.25) is 0 Å². The maximum atomic E-state index is 4.23. The molecule has 2 N–H and O–H groups in total. The minimum absolute atomic E-state index is 0.882. The maximum absolute atomic E-state index is 4.23. The number of aromatic nitrogens is 2. The smallest absolute Gasteiger partial charge is 0.170 e. The minimum Gasteiger partial charge on any atom is -0.339 e. The molecule has 17 heavy (non-hydrogen) atoms. The first kappa shape index (κ1) is 12.7. The Labute approximate surface area is 114 Å². The predicted octanol–water partition coefficient (Wildman–Crippen LogP) is 3.43. The van der Waals surface area contributed by atoms with Gasteiger partial charge in [0, 0.05) is 28.3 Å². The number of nitrogens with one attached hydrogen (secondary N) is 2. The normalized spacial score (nSPS) is 10.7. The van der Waals surface area contributed by atoms with Crippen LogP contribution in [-0.2, 0) is 6.54 Å². The molecule has 0 aliphatic carbocycles. The highest BCUT2D eigenvalue weighted by atomic mass is 79.9. The third-order valence-corrected chi connectivity index (χ3v) is 3.78. The summed E-state index contributed by atoms with van der Waals surface area (Å²) in [6, 6.07) is 6.33. The average Bonchev–Trinajstić information content (AvgIpc) is 2.81. The second-order valence-corrected chi connectivity index (χ2v) is 5.48. The second-order valence-electron chi connectivity index (χ2n) is 3.53. The Balaban J connectivity index is 2.20. The summed E-state index contributed by atoms with van der Waals surface area (Å²) >= 11 is 5.15. The van der Waals surface area contributed by atoms with E-state index in [1.807, 2.05) is 6.20 Å². The van der Waals surface area contributed by atoms with Crippen LogP contribution in [0.15, 0.2) is 45.1 Å². The molecule has 0 radical (unpaired) electrons. The third kappa shape index (κ3) is 3.59. The van der Waals surface area contributed by atoms with E-state index < -0.39 is 0 Å². The SMILES string of the molecule is CCNCc1ccc(Br)cc1Sc1ncc[nH]1. The van der Waals surface area contributed by atoms with Gasteiger partial charge >= 0.3 is 0 Å². The summed E-state index contributed by atoms with van der Waals surface area (Å²) in [7, 11) is 0. The maximum Gasteiger partial charge on any atom is 0.170 e. The van der Waals surface area contributed by atoms with Crippen LogP contribution >= 0.6 is 27.7 Å². The van der Waals surface area contributed by atoms with Gasteiger partial charge in [-0.25, -0.2) is 4.98 Å². The van der Waals surface area contributed by atoms with Gasteiger partial charge in [0.25, 0.3) is 0 Å². The monoisotopic (exact) mass is 311 g/mol. The Morgan fingerprint density at radius 3 is 3.06 bits per heavy atom. The molecule has 5 heteroatoms. The van der Waals surface area contributed by atoms with E-state index in [4.69, 9.17) is 0 Å². The molecule has 1 aromatic heterocycles. The van der Waals surface area contributed by atoms with Crippen molar-refractivity contribution in [2.45, 2.75) is 23.5 Å². The number of H-pyrrole nitrogens is 1. The van der Waals surface area contributed by atoms with Crippen molar-refractivity contribution < 1.29 is 0 Å². The van der Waals surface area contributed by atoms with Gasteiger partial charge in [-0.05, 0) is 24.2 Å². The van der Waals surface area contributed by atoms with Crippen LogP contribution in [0.3, 0.4) is 0 Å². The molecule has 0 atom stereocenters. The lowest BCUT2D eigenvalue weighted by Crippen LogP contribution is -2.12. The van der Waals surface area contributed by atoms with E-state index in [9.17, 15) is 0 Å². The van der Waals surface area contributed by atoms with Gasteiger partial charge in [-0.3, -0.25) is 0 Å². The number of imidazole rings is 1. The molecule has 2 aromatic rings. The van der Waals surface area contributed by atoms with Crippen LogP contribution in [0.25, 0.3) is 0 Å². The summed E-state index contributed by atoms with van der Waals surface area (Å²) < 4.78 is 1.09. The number of aromatic amines is 1. The fourth-order valence-electron chi connectivity index (χ4n) is 1.44. The van der Waals surface area contributed by atoms with Crippen LogP contribution in [0, 0.1) is 0 Å². The molecule has 0 bridgehead atoms. The van der Waals surface area contributed by atoms with Gasteiger partial charge in [-0.1, -0.05) is 40.7 Å². The van der Waals surface area contributed by atoms with Gasteiger partial charge in [0.05, 0.1) is 0 Å². The lowest BCUT2D eigenvalue weighted by molar-refractivity contribution is 0.717. The molecule has 0 aliphatic heterocycles. The minimum atomic E-state index is 0.882. The fraction of sp³-hybridized carbons (Fsp3) is 0.250. The highest BCUT2D eigenvalue weighted by molar-refractivity contribution is 9.10. The summed E-state index contributed by atoms with van der Waals surface area (Å²) in [5.74, 6) is 0. The number of halogens is 1. The van der Waals surface area contributed by atoms with Gasteiger partial charge < -0.3 is 10.3 Å². The van der Waals surface area contributed by atoms with Crippen LogP contribution in [0.1, 0.15) is 12.5 Å². The van der Waals surface area contributed by atoms with Crippen molar-refractivity contribution in [1.29, 1.82) is 0 Å². The Bertz CT molecular complexity index is 471. The summed E-state index contributed by atoms with van der Waals surface area (Å²) in [6.45, 7) is 3.96. The number of hydrogen-bond donors (Lipinski definition) is 2. The first-order valence-electron chi connectivity index (χ1n) is 5.46. The summed E-state index contributed by atoms with van der Waals surface area (Å²) in [5, 5.41) is 4.26. The van der Waals surface area contributed by atoms with E-state index in [1.165, 1.54) is 10.5 Å². The van der Waals surface area contributed by atoms with Crippen LogP contribution < -0.4 is 5.32 Å². The topological polar surface area (TPSA) is 40.7 Å². The molecule has 3 nitrogen and oxygen atoms in total. The van der Waals surface area contributed by atoms with E-state index in [0.717, 1.165) is 22.7 Å². The predicted molar refractivity (Wildman–Crippen MR) is 74.2 cm³/mol. The van der Waals surface area contributed by atoms with Crippen LogP contribution in [0.5, 0.6) is 0 Å². The number of benzene rings is 1. The number of nitrogens with zero attached hydrogens (tertiary/aromatic N) is 1. The highest BCUT2D eigenvalue weighted by Crippen LogP contribution is 2.30. The average molecular weight is 312 g/mol. The standard InChI is InChI=1S/C12H14BrN3S/c1-2-14-8-9-3-4-10(13)7-11(9)17-12-15-5-6-16-12/h3-7,14H,2,8H2,1H3,(H,15,16). The Morgan fingerprint density at radius 2 is 2.35 bits per heavy atom. The van der Waals surface area contributed by atoms with Gasteiger partial charge in [0.1, 0.15) is 0 Å². The molecule has 0 spiro atoms. The van der Waals surface area contributed by atoms with Crippen molar-refractivity contribution >= 4 is 27.7 Å². The Kier molecular flexibility index (Phi) is 4.65. The van der Waals surface area contributed by atoms with E-state index in [2.05, 4.69) is 56.3 Å². The summed E-state index contributed by atoms with van der Waals surface area (Å²) in [4.78, 5) is 8.56. The number of hydrogen-bond acceptors (Lipinski definition) is 3. The molecule has 0 amide bonds. The van der Waals surface area contributed by atoms with Crippen molar-refractivity contribution in [1.82, 2.24) is 15.3 Å².